The molecule has 6 nitrogen and oxygen atoms in total. The molecule has 3 amide bonds. The Kier molecular flexibility index (Phi) is 6.98. The molecular formula is C19H27N3O3. The van der Waals surface area contributed by atoms with E-state index in [9.17, 15) is 14.4 Å². The standard InChI is InChI=1S/C19H27N3O3/c1-20-19(25)16-10-8-15(9-11-16)13-21(2)18(24)14-22-12-6-4-3-5-7-17(22)23/h8-11H,3-7,12-14H2,1-2H3,(H,20,25). The van der Waals surface area contributed by atoms with Crippen LogP contribution in [-0.2, 0) is 16.1 Å². The van der Waals surface area contributed by atoms with E-state index >= 15 is 0 Å². The van der Waals surface area contributed by atoms with Crippen LogP contribution in [0.3, 0.4) is 0 Å². The zero-order chi connectivity index (χ0) is 18.2. The van der Waals surface area contributed by atoms with Crippen LogP contribution in [0, 0.1) is 0 Å². The van der Waals surface area contributed by atoms with Gasteiger partial charge in [-0.15, -0.1) is 0 Å². The quantitative estimate of drug-likeness (QED) is 0.885. The summed E-state index contributed by atoms with van der Waals surface area (Å²) in [7, 11) is 3.33. The summed E-state index contributed by atoms with van der Waals surface area (Å²) in [5.74, 6) is -0.118. The lowest BCUT2D eigenvalue weighted by Gasteiger charge is -2.27. The van der Waals surface area contributed by atoms with E-state index in [1.54, 1.807) is 36.0 Å². The van der Waals surface area contributed by atoms with E-state index in [4.69, 9.17) is 0 Å². The molecule has 2 rings (SSSR count). The first-order valence-electron chi connectivity index (χ1n) is 8.84. The van der Waals surface area contributed by atoms with Crippen molar-refractivity contribution in [3.63, 3.8) is 0 Å². The summed E-state index contributed by atoms with van der Waals surface area (Å²) in [6, 6.07) is 7.17. The van der Waals surface area contributed by atoms with Crippen LogP contribution >= 0.6 is 0 Å². The van der Waals surface area contributed by atoms with Crippen LogP contribution in [-0.4, -0.2) is 54.7 Å². The van der Waals surface area contributed by atoms with Crippen LogP contribution in [0.1, 0.15) is 48.0 Å². The van der Waals surface area contributed by atoms with E-state index in [0.717, 1.165) is 31.2 Å². The predicted molar refractivity (Wildman–Crippen MR) is 96.0 cm³/mol. The van der Waals surface area contributed by atoms with Crippen LogP contribution in [0.5, 0.6) is 0 Å². The van der Waals surface area contributed by atoms with Gasteiger partial charge in [0.2, 0.25) is 11.8 Å². The minimum Gasteiger partial charge on any atom is -0.355 e. The Morgan fingerprint density at radius 3 is 2.48 bits per heavy atom. The second-order valence-electron chi connectivity index (χ2n) is 6.51. The SMILES string of the molecule is CNC(=O)c1ccc(CN(C)C(=O)CN2CCCCCCC2=O)cc1. The van der Waals surface area contributed by atoms with E-state index in [1.807, 2.05) is 12.1 Å². The number of likely N-dealkylation sites (N-methyl/N-ethyl adjacent to an activating group) is 1. The van der Waals surface area contributed by atoms with Crippen molar-refractivity contribution >= 4 is 17.7 Å². The van der Waals surface area contributed by atoms with Crippen molar-refractivity contribution in [2.45, 2.75) is 38.6 Å². The maximum Gasteiger partial charge on any atom is 0.251 e. The van der Waals surface area contributed by atoms with Crippen LogP contribution in [0.25, 0.3) is 0 Å². The molecule has 25 heavy (non-hydrogen) atoms. The zero-order valence-electron chi connectivity index (χ0n) is 15.1. The first-order valence-corrected chi connectivity index (χ1v) is 8.84. The molecule has 1 aromatic rings. The Morgan fingerprint density at radius 2 is 1.80 bits per heavy atom. The number of carbonyl (C=O) groups excluding carboxylic acids is 3. The highest BCUT2D eigenvalue weighted by atomic mass is 16.2. The molecule has 6 heteroatoms. The summed E-state index contributed by atoms with van der Waals surface area (Å²) in [5, 5.41) is 2.58. The number of carbonyl (C=O) groups is 3. The van der Waals surface area contributed by atoms with Gasteiger partial charge >= 0.3 is 0 Å². The Hall–Kier alpha value is -2.37. The smallest absolute Gasteiger partial charge is 0.251 e. The highest BCUT2D eigenvalue weighted by Gasteiger charge is 2.20. The first kappa shape index (κ1) is 19.0. The molecular weight excluding hydrogens is 318 g/mol. The fourth-order valence-electron chi connectivity index (χ4n) is 2.93. The average molecular weight is 345 g/mol. The summed E-state index contributed by atoms with van der Waals surface area (Å²) >= 11 is 0. The number of hydrogen-bond acceptors (Lipinski definition) is 3. The van der Waals surface area contributed by atoms with Gasteiger partial charge < -0.3 is 15.1 Å². The number of hydrogen-bond donors (Lipinski definition) is 1. The normalized spacial score (nSPS) is 15.3. The van der Waals surface area contributed by atoms with E-state index in [2.05, 4.69) is 5.32 Å². The molecule has 1 saturated heterocycles. The van der Waals surface area contributed by atoms with Crippen LogP contribution in [0.15, 0.2) is 24.3 Å². The molecule has 1 aliphatic heterocycles. The van der Waals surface area contributed by atoms with Crippen molar-refractivity contribution in [2.75, 3.05) is 27.2 Å². The van der Waals surface area contributed by atoms with Crippen molar-refractivity contribution in [1.29, 1.82) is 0 Å². The van der Waals surface area contributed by atoms with E-state index in [1.165, 1.54) is 0 Å². The molecule has 136 valence electrons. The number of nitrogens with one attached hydrogen (secondary N) is 1. The lowest BCUT2D eigenvalue weighted by Crippen LogP contribution is -2.42. The largest absolute Gasteiger partial charge is 0.355 e. The van der Waals surface area contributed by atoms with Crippen LogP contribution in [0.2, 0.25) is 0 Å². The zero-order valence-corrected chi connectivity index (χ0v) is 15.1. The van der Waals surface area contributed by atoms with Crippen LogP contribution in [0.4, 0.5) is 0 Å². The topological polar surface area (TPSA) is 69.7 Å². The maximum atomic E-state index is 12.4. The predicted octanol–water partition coefficient (Wildman–Crippen LogP) is 1.80. The second kappa shape index (κ2) is 9.20. The molecule has 1 fully saturated rings. The summed E-state index contributed by atoms with van der Waals surface area (Å²) in [6.45, 7) is 1.26. The molecule has 0 aromatic heterocycles. The Bertz CT molecular complexity index is 613. The second-order valence-corrected chi connectivity index (χ2v) is 6.51. The van der Waals surface area contributed by atoms with Crippen molar-refractivity contribution in [1.82, 2.24) is 15.1 Å². The summed E-state index contributed by atoms with van der Waals surface area (Å²) in [6.07, 6.45) is 4.63. The van der Waals surface area contributed by atoms with Crippen molar-refractivity contribution < 1.29 is 14.4 Å². The lowest BCUT2D eigenvalue weighted by molar-refractivity contribution is -0.140. The van der Waals surface area contributed by atoms with Crippen molar-refractivity contribution in [3.05, 3.63) is 35.4 Å². The minimum atomic E-state index is -0.133. The van der Waals surface area contributed by atoms with E-state index in [-0.39, 0.29) is 24.3 Å². The molecule has 0 bridgehead atoms. The number of benzene rings is 1. The van der Waals surface area contributed by atoms with Gasteiger partial charge in [0.05, 0.1) is 6.54 Å². The molecule has 1 aliphatic rings. The van der Waals surface area contributed by atoms with E-state index in [0.29, 0.717) is 25.1 Å². The number of amides is 3. The third-order valence-electron chi connectivity index (χ3n) is 4.54. The highest BCUT2D eigenvalue weighted by Crippen LogP contribution is 2.12. The van der Waals surface area contributed by atoms with Crippen molar-refractivity contribution in [3.8, 4) is 0 Å². The third kappa shape index (κ3) is 5.59. The molecule has 0 unspecified atom stereocenters. The Balaban J connectivity index is 1.90. The molecule has 0 saturated carbocycles. The monoisotopic (exact) mass is 345 g/mol. The van der Waals surface area contributed by atoms with Gasteiger partial charge in [-0.05, 0) is 30.5 Å². The van der Waals surface area contributed by atoms with Crippen LogP contribution < -0.4 is 5.32 Å². The molecule has 0 atom stereocenters. The summed E-state index contributed by atoms with van der Waals surface area (Å²) in [4.78, 5) is 39.4. The van der Waals surface area contributed by atoms with Gasteiger partial charge in [0.1, 0.15) is 0 Å². The van der Waals surface area contributed by atoms with Gasteiger partial charge in [-0.25, -0.2) is 0 Å². The van der Waals surface area contributed by atoms with Gasteiger partial charge in [-0.1, -0.05) is 25.0 Å². The lowest BCUT2D eigenvalue weighted by atomic mass is 10.1. The number of likely N-dealkylation sites (tertiary alicyclic amines) is 1. The summed E-state index contributed by atoms with van der Waals surface area (Å²) in [5.41, 5.74) is 1.54. The van der Waals surface area contributed by atoms with Gasteiger partial charge in [0, 0.05) is 39.2 Å². The third-order valence-corrected chi connectivity index (χ3v) is 4.54. The highest BCUT2D eigenvalue weighted by molar-refractivity contribution is 5.94. The maximum absolute atomic E-state index is 12.4. The molecule has 0 radical (unpaired) electrons. The molecule has 0 spiro atoms. The first-order chi connectivity index (χ1) is 12.0. The van der Waals surface area contributed by atoms with Gasteiger partial charge in [-0.2, -0.15) is 0 Å². The van der Waals surface area contributed by atoms with Crippen molar-refractivity contribution in [2.24, 2.45) is 0 Å². The molecule has 1 N–H and O–H groups in total. The van der Waals surface area contributed by atoms with E-state index < -0.39 is 0 Å². The van der Waals surface area contributed by atoms with Gasteiger partial charge in [0.15, 0.2) is 0 Å². The average Bonchev–Trinajstić information content (AvgIpc) is 2.61. The molecule has 1 aromatic carbocycles. The van der Waals surface area contributed by atoms with Gasteiger partial charge in [-0.3, -0.25) is 14.4 Å². The molecule has 0 aliphatic carbocycles. The Morgan fingerprint density at radius 1 is 1.12 bits per heavy atom. The summed E-state index contributed by atoms with van der Waals surface area (Å²) < 4.78 is 0. The number of nitrogens with zero attached hydrogens (tertiary/aromatic N) is 2. The fraction of sp³-hybridized carbons (Fsp3) is 0.526. The fourth-order valence-corrected chi connectivity index (χ4v) is 2.93. The minimum absolute atomic E-state index is 0.0655. The van der Waals surface area contributed by atoms with Gasteiger partial charge in [0.25, 0.3) is 5.91 Å². The number of rotatable bonds is 5. The molecule has 1 heterocycles. The Labute approximate surface area is 149 Å².